The van der Waals surface area contributed by atoms with E-state index in [0.717, 1.165) is 10.4 Å². The van der Waals surface area contributed by atoms with Crippen LogP contribution < -0.4 is 5.32 Å². The Kier molecular flexibility index (Phi) is 4.16. The summed E-state index contributed by atoms with van der Waals surface area (Å²) < 4.78 is 0. The maximum Gasteiger partial charge on any atom is 0.326 e. The van der Waals surface area contributed by atoms with Crippen LogP contribution in [0.25, 0.3) is 0 Å². The number of thiophene rings is 1. The number of carboxylic acid groups (broad SMARTS) is 1. The molecule has 18 heavy (non-hydrogen) atoms. The van der Waals surface area contributed by atoms with Crippen molar-refractivity contribution < 1.29 is 14.7 Å². The molecule has 0 radical (unpaired) electrons. The quantitative estimate of drug-likeness (QED) is 0.886. The van der Waals surface area contributed by atoms with Crippen molar-refractivity contribution in [3.8, 4) is 0 Å². The van der Waals surface area contributed by atoms with Gasteiger partial charge in [0.15, 0.2) is 0 Å². The van der Waals surface area contributed by atoms with E-state index in [1.807, 2.05) is 13.8 Å². The van der Waals surface area contributed by atoms with Crippen LogP contribution in [0.4, 0.5) is 0 Å². The average molecular weight is 269 g/mol. The predicted molar refractivity (Wildman–Crippen MR) is 72.1 cm³/mol. The molecule has 1 heterocycles. The van der Waals surface area contributed by atoms with Gasteiger partial charge in [0.2, 0.25) is 0 Å². The first kappa shape index (κ1) is 14.7. The molecule has 1 aromatic heterocycles. The van der Waals surface area contributed by atoms with Gasteiger partial charge in [-0.2, -0.15) is 0 Å². The van der Waals surface area contributed by atoms with E-state index < -0.39 is 17.4 Å². The highest BCUT2D eigenvalue weighted by Crippen LogP contribution is 2.23. The zero-order valence-corrected chi connectivity index (χ0v) is 12.1. The number of carbonyl (C=O) groups is 2. The number of nitrogens with one attached hydrogen (secondary N) is 1. The van der Waals surface area contributed by atoms with Crippen molar-refractivity contribution in [2.75, 3.05) is 0 Å². The van der Waals surface area contributed by atoms with Crippen LogP contribution in [0.5, 0.6) is 0 Å². The van der Waals surface area contributed by atoms with Gasteiger partial charge in [-0.25, -0.2) is 4.79 Å². The van der Waals surface area contributed by atoms with Crippen molar-refractivity contribution in [1.82, 2.24) is 5.32 Å². The molecule has 1 atom stereocenters. The van der Waals surface area contributed by atoms with Crippen molar-refractivity contribution in [2.24, 2.45) is 5.41 Å². The topological polar surface area (TPSA) is 66.4 Å². The van der Waals surface area contributed by atoms with E-state index >= 15 is 0 Å². The molecule has 4 nitrogen and oxygen atoms in total. The van der Waals surface area contributed by atoms with Gasteiger partial charge in [-0.15, -0.1) is 11.3 Å². The first-order valence-corrected chi connectivity index (χ1v) is 6.55. The third-order valence-electron chi connectivity index (χ3n) is 2.78. The van der Waals surface area contributed by atoms with Crippen LogP contribution in [0.3, 0.4) is 0 Å². The van der Waals surface area contributed by atoms with E-state index in [1.54, 1.807) is 26.8 Å². The van der Waals surface area contributed by atoms with Crippen LogP contribution in [0.2, 0.25) is 0 Å². The third-order valence-corrected chi connectivity index (χ3v) is 3.93. The molecule has 0 aliphatic heterocycles. The first-order valence-electron chi connectivity index (χ1n) is 5.73. The van der Waals surface area contributed by atoms with E-state index in [-0.39, 0.29) is 5.91 Å². The summed E-state index contributed by atoms with van der Waals surface area (Å²) in [4.78, 5) is 24.8. The van der Waals surface area contributed by atoms with Crippen LogP contribution in [0.15, 0.2) is 6.07 Å². The fourth-order valence-electron chi connectivity index (χ4n) is 1.54. The standard InChI is InChI=1S/C13H19NO3S/c1-7-6-9(18-8(7)2)11(15)14-10(12(16)17)13(3,4)5/h6,10H,1-5H3,(H,14,15)(H,16,17)/t10-/m1/s1. The van der Waals surface area contributed by atoms with Gasteiger partial charge >= 0.3 is 5.97 Å². The lowest BCUT2D eigenvalue weighted by atomic mass is 9.87. The number of amides is 1. The van der Waals surface area contributed by atoms with Gasteiger partial charge in [0.1, 0.15) is 6.04 Å². The van der Waals surface area contributed by atoms with Crippen LogP contribution in [0, 0.1) is 19.3 Å². The summed E-state index contributed by atoms with van der Waals surface area (Å²) >= 11 is 1.38. The van der Waals surface area contributed by atoms with Crippen LogP contribution in [-0.4, -0.2) is 23.0 Å². The zero-order chi connectivity index (χ0) is 14.1. The molecular weight excluding hydrogens is 250 g/mol. The highest BCUT2D eigenvalue weighted by Gasteiger charge is 2.33. The van der Waals surface area contributed by atoms with Gasteiger partial charge in [-0.3, -0.25) is 4.79 Å². The van der Waals surface area contributed by atoms with E-state index in [4.69, 9.17) is 5.11 Å². The lowest BCUT2D eigenvalue weighted by Crippen LogP contribution is -2.48. The van der Waals surface area contributed by atoms with E-state index in [2.05, 4.69) is 5.32 Å². The molecule has 0 saturated carbocycles. The predicted octanol–water partition coefficient (Wildman–Crippen LogP) is 2.59. The summed E-state index contributed by atoms with van der Waals surface area (Å²) in [5.41, 5.74) is 0.524. The molecule has 0 unspecified atom stereocenters. The van der Waals surface area contributed by atoms with Crippen molar-refractivity contribution in [3.63, 3.8) is 0 Å². The molecule has 0 aliphatic rings. The SMILES string of the molecule is Cc1cc(C(=O)N[C@H](C(=O)O)C(C)(C)C)sc1C. The second-order valence-corrected chi connectivity index (χ2v) is 6.72. The molecule has 0 aliphatic carbocycles. The molecule has 0 spiro atoms. The molecule has 0 saturated heterocycles. The molecule has 1 rings (SSSR count). The lowest BCUT2D eigenvalue weighted by molar-refractivity contribution is -0.142. The highest BCUT2D eigenvalue weighted by atomic mass is 32.1. The Morgan fingerprint density at radius 2 is 1.89 bits per heavy atom. The number of hydrogen-bond donors (Lipinski definition) is 2. The van der Waals surface area contributed by atoms with Gasteiger partial charge in [0.25, 0.3) is 5.91 Å². The summed E-state index contributed by atoms with van der Waals surface area (Å²) in [7, 11) is 0. The van der Waals surface area contributed by atoms with Crippen molar-refractivity contribution >= 4 is 23.2 Å². The summed E-state index contributed by atoms with van der Waals surface area (Å²) in [6.45, 7) is 9.24. The number of hydrogen-bond acceptors (Lipinski definition) is 3. The summed E-state index contributed by atoms with van der Waals surface area (Å²) in [6.07, 6.45) is 0. The largest absolute Gasteiger partial charge is 0.480 e. The lowest BCUT2D eigenvalue weighted by Gasteiger charge is -2.27. The fraction of sp³-hybridized carbons (Fsp3) is 0.538. The Morgan fingerprint density at radius 1 is 1.33 bits per heavy atom. The Morgan fingerprint density at radius 3 is 2.22 bits per heavy atom. The summed E-state index contributed by atoms with van der Waals surface area (Å²) in [5, 5.41) is 11.7. The average Bonchev–Trinajstić information content (AvgIpc) is 2.53. The van der Waals surface area contributed by atoms with Crippen LogP contribution in [0.1, 0.15) is 40.9 Å². The second kappa shape index (κ2) is 5.10. The number of rotatable bonds is 3. The van der Waals surface area contributed by atoms with E-state index in [1.165, 1.54) is 11.3 Å². The Hall–Kier alpha value is -1.36. The van der Waals surface area contributed by atoms with Gasteiger partial charge in [-0.05, 0) is 30.9 Å². The van der Waals surface area contributed by atoms with Crippen molar-refractivity contribution in [2.45, 2.75) is 40.7 Å². The van der Waals surface area contributed by atoms with Gasteiger partial charge in [-0.1, -0.05) is 20.8 Å². The van der Waals surface area contributed by atoms with Crippen molar-refractivity contribution in [1.29, 1.82) is 0 Å². The normalized spacial score (nSPS) is 13.2. The minimum Gasteiger partial charge on any atom is -0.480 e. The molecule has 1 amide bonds. The fourth-order valence-corrected chi connectivity index (χ4v) is 2.47. The first-order chi connectivity index (χ1) is 8.12. The molecule has 5 heteroatoms. The van der Waals surface area contributed by atoms with E-state index in [0.29, 0.717) is 4.88 Å². The molecule has 2 N–H and O–H groups in total. The molecular formula is C13H19NO3S. The number of aliphatic carboxylic acids is 1. The molecule has 0 aromatic carbocycles. The number of carboxylic acids is 1. The number of carbonyl (C=O) groups excluding carboxylic acids is 1. The molecule has 100 valence electrons. The molecule has 0 bridgehead atoms. The zero-order valence-electron chi connectivity index (χ0n) is 11.3. The number of aryl methyl sites for hydroxylation is 2. The molecule has 1 aromatic rings. The summed E-state index contributed by atoms with van der Waals surface area (Å²) in [5.74, 6) is -1.33. The van der Waals surface area contributed by atoms with Gasteiger partial charge in [0, 0.05) is 4.88 Å². The Labute approximate surface area is 111 Å². The monoisotopic (exact) mass is 269 g/mol. The van der Waals surface area contributed by atoms with E-state index in [9.17, 15) is 9.59 Å². The second-order valence-electron chi connectivity index (χ2n) is 5.46. The minimum absolute atomic E-state index is 0.321. The minimum atomic E-state index is -1.01. The highest BCUT2D eigenvalue weighted by molar-refractivity contribution is 7.14. The smallest absolute Gasteiger partial charge is 0.326 e. The summed E-state index contributed by atoms with van der Waals surface area (Å²) in [6, 6.07) is 0.893. The van der Waals surface area contributed by atoms with Gasteiger partial charge in [0.05, 0.1) is 4.88 Å². The van der Waals surface area contributed by atoms with Crippen LogP contribution >= 0.6 is 11.3 Å². The van der Waals surface area contributed by atoms with Crippen LogP contribution in [-0.2, 0) is 4.79 Å². The third kappa shape index (κ3) is 3.32. The maximum absolute atomic E-state index is 12.0. The Bertz CT molecular complexity index is 452. The van der Waals surface area contributed by atoms with Gasteiger partial charge < -0.3 is 10.4 Å². The molecule has 0 fully saturated rings. The maximum atomic E-state index is 12.0. The Balaban J connectivity index is 2.89. The van der Waals surface area contributed by atoms with Crippen molar-refractivity contribution in [3.05, 3.63) is 21.4 Å².